The van der Waals surface area contributed by atoms with Crippen LogP contribution in [0.1, 0.15) is 44.0 Å². The van der Waals surface area contributed by atoms with Gasteiger partial charge in [0, 0.05) is 55.5 Å². The van der Waals surface area contributed by atoms with Crippen LogP contribution < -0.4 is 14.4 Å². The van der Waals surface area contributed by atoms with Gasteiger partial charge in [-0.2, -0.15) is 5.26 Å². The van der Waals surface area contributed by atoms with E-state index in [9.17, 15) is 10.4 Å². The number of aryl methyl sites for hydroxylation is 1. The van der Waals surface area contributed by atoms with Crippen LogP contribution >= 0.6 is 0 Å². The Morgan fingerprint density at radius 2 is 1.87 bits per heavy atom. The van der Waals surface area contributed by atoms with E-state index in [2.05, 4.69) is 27.9 Å². The number of imidazole rings is 1. The Bertz CT molecular complexity index is 1460. The Balaban J connectivity index is 1.16. The summed E-state index contributed by atoms with van der Waals surface area (Å²) in [4.78, 5) is 15.8. The van der Waals surface area contributed by atoms with Gasteiger partial charge in [0.2, 0.25) is 0 Å². The molecular formula is C29H30N6O3. The van der Waals surface area contributed by atoms with E-state index in [0.717, 1.165) is 73.7 Å². The van der Waals surface area contributed by atoms with Crippen molar-refractivity contribution >= 4 is 11.5 Å². The summed E-state index contributed by atoms with van der Waals surface area (Å²) >= 11 is 0. The van der Waals surface area contributed by atoms with Crippen LogP contribution in [0.5, 0.6) is 11.5 Å². The van der Waals surface area contributed by atoms with Crippen molar-refractivity contribution < 1.29 is 14.6 Å². The van der Waals surface area contributed by atoms with Crippen LogP contribution in [-0.4, -0.2) is 55.9 Å². The topological polar surface area (TPSA) is 109 Å². The fourth-order valence-electron chi connectivity index (χ4n) is 4.78. The molecule has 0 unspecified atom stereocenters. The number of aliphatic hydroxyl groups is 1. The molecule has 2 aliphatic rings. The summed E-state index contributed by atoms with van der Waals surface area (Å²) in [5, 5.41) is 19.8. The average Bonchev–Trinajstić information content (AvgIpc) is 3.56. The third kappa shape index (κ3) is 5.00. The van der Waals surface area contributed by atoms with E-state index in [1.807, 2.05) is 42.7 Å². The summed E-state index contributed by atoms with van der Waals surface area (Å²) in [6, 6.07) is 13.9. The van der Waals surface area contributed by atoms with Crippen LogP contribution in [-0.2, 0) is 6.42 Å². The van der Waals surface area contributed by atoms with Gasteiger partial charge in [0.05, 0.1) is 23.7 Å². The summed E-state index contributed by atoms with van der Waals surface area (Å²) in [5.41, 5.74) is 3.01. The van der Waals surface area contributed by atoms with Crippen molar-refractivity contribution in [3.8, 4) is 28.8 Å². The lowest BCUT2D eigenvalue weighted by atomic mass is 10.1. The van der Waals surface area contributed by atoms with Gasteiger partial charge in [0.1, 0.15) is 47.4 Å². The molecule has 0 aromatic carbocycles. The normalized spacial score (nSPS) is 16.8. The van der Waals surface area contributed by atoms with E-state index < -0.39 is 5.60 Å². The van der Waals surface area contributed by atoms with Crippen molar-refractivity contribution in [2.75, 3.05) is 24.6 Å². The Morgan fingerprint density at radius 1 is 1.03 bits per heavy atom. The molecule has 1 N–H and O–H groups in total. The molecule has 194 valence electrons. The van der Waals surface area contributed by atoms with Gasteiger partial charge >= 0.3 is 0 Å². The van der Waals surface area contributed by atoms with E-state index in [0.29, 0.717) is 17.1 Å². The molecule has 1 saturated carbocycles. The zero-order valence-electron chi connectivity index (χ0n) is 21.4. The maximum Gasteiger partial charge on any atom is 0.145 e. The molecule has 2 fully saturated rings. The highest BCUT2D eigenvalue weighted by Crippen LogP contribution is 2.36. The van der Waals surface area contributed by atoms with E-state index >= 15 is 0 Å². The van der Waals surface area contributed by atoms with Gasteiger partial charge in [-0.3, -0.25) is 9.38 Å². The van der Waals surface area contributed by atoms with Gasteiger partial charge in [-0.1, -0.05) is 6.92 Å². The summed E-state index contributed by atoms with van der Waals surface area (Å²) in [5.74, 6) is 2.34. The Hall–Kier alpha value is -4.16. The highest BCUT2D eigenvalue weighted by molar-refractivity contribution is 5.68. The van der Waals surface area contributed by atoms with Gasteiger partial charge in [0.15, 0.2) is 0 Å². The molecule has 0 atom stereocenters. The minimum Gasteiger partial charge on any atom is -0.490 e. The van der Waals surface area contributed by atoms with Gasteiger partial charge in [-0.25, -0.2) is 9.97 Å². The SMILES string of the molecule is CCc1ccc(OC2CCN(c3ccc(-c4cc(OCC5(O)CC5)cc5ncc(C#N)n45)cn3)CC2)cn1. The van der Waals surface area contributed by atoms with Crippen LogP contribution in [0.15, 0.2) is 55.0 Å². The van der Waals surface area contributed by atoms with Crippen LogP contribution in [0.4, 0.5) is 5.82 Å². The van der Waals surface area contributed by atoms with E-state index in [1.165, 1.54) is 0 Å². The molecule has 0 spiro atoms. The zero-order valence-corrected chi connectivity index (χ0v) is 21.4. The number of nitriles is 1. The van der Waals surface area contributed by atoms with Gasteiger partial charge in [0.25, 0.3) is 0 Å². The minimum atomic E-state index is -0.724. The van der Waals surface area contributed by atoms with Crippen LogP contribution in [0.25, 0.3) is 16.9 Å². The molecule has 1 aliphatic carbocycles. The van der Waals surface area contributed by atoms with Crippen molar-refractivity contribution in [1.29, 1.82) is 5.26 Å². The third-order valence-electron chi connectivity index (χ3n) is 7.30. The third-order valence-corrected chi connectivity index (χ3v) is 7.30. The number of nitrogens with zero attached hydrogens (tertiary/aromatic N) is 6. The lowest BCUT2D eigenvalue weighted by molar-refractivity contribution is 0.0857. The zero-order chi connectivity index (χ0) is 26.1. The van der Waals surface area contributed by atoms with Gasteiger partial charge in [-0.05, 0) is 43.5 Å². The van der Waals surface area contributed by atoms with Crippen LogP contribution in [0.3, 0.4) is 0 Å². The Morgan fingerprint density at radius 3 is 2.53 bits per heavy atom. The molecule has 9 nitrogen and oxygen atoms in total. The predicted molar refractivity (Wildman–Crippen MR) is 142 cm³/mol. The van der Waals surface area contributed by atoms with E-state index in [4.69, 9.17) is 14.5 Å². The summed E-state index contributed by atoms with van der Waals surface area (Å²) in [7, 11) is 0. The second kappa shape index (κ2) is 9.95. The number of anilines is 1. The number of pyridine rings is 3. The second-order valence-electron chi connectivity index (χ2n) is 10.1. The molecule has 6 rings (SSSR count). The van der Waals surface area contributed by atoms with Crippen molar-refractivity contribution in [3.63, 3.8) is 0 Å². The number of fused-ring (bicyclic) bond motifs is 1. The number of aromatic nitrogens is 4. The number of hydrogen-bond donors (Lipinski definition) is 1. The number of hydrogen-bond acceptors (Lipinski definition) is 8. The monoisotopic (exact) mass is 510 g/mol. The largest absolute Gasteiger partial charge is 0.490 e. The molecule has 0 bridgehead atoms. The van der Waals surface area contributed by atoms with Gasteiger partial charge in [-0.15, -0.1) is 0 Å². The maximum absolute atomic E-state index is 10.2. The van der Waals surface area contributed by atoms with Crippen molar-refractivity contribution in [1.82, 2.24) is 19.4 Å². The first-order valence-corrected chi connectivity index (χ1v) is 13.1. The molecule has 4 aromatic rings. The number of ether oxygens (including phenoxy) is 2. The fourth-order valence-corrected chi connectivity index (χ4v) is 4.78. The second-order valence-corrected chi connectivity index (χ2v) is 10.1. The van der Waals surface area contributed by atoms with Crippen LogP contribution in [0, 0.1) is 11.3 Å². The van der Waals surface area contributed by atoms with Crippen molar-refractivity contribution in [2.45, 2.75) is 50.7 Å². The summed E-state index contributed by atoms with van der Waals surface area (Å²) in [6.45, 7) is 4.04. The lowest BCUT2D eigenvalue weighted by Crippen LogP contribution is -2.38. The van der Waals surface area contributed by atoms with Crippen molar-refractivity contribution in [3.05, 3.63) is 66.4 Å². The molecule has 1 aliphatic heterocycles. The molecule has 4 aromatic heterocycles. The first-order valence-electron chi connectivity index (χ1n) is 13.1. The molecule has 38 heavy (non-hydrogen) atoms. The predicted octanol–water partition coefficient (Wildman–Crippen LogP) is 4.18. The Labute approximate surface area is 221 Å². The first kappa shape index (κ1) is 24.2. The van der Waals surface area contributed by atoms with E-state index in [-0.39, 0.29) is 12.7 Å². The molecule has 9 heteroatoms. The first-order chi connectivity index (χ1) is 18.5. The smallest absolute Gasteiger partial charge is 0.145 e. The fraction of sp³-hybridized carbons (Fsp3) is 0.379. The molecule has 5 heterocycles. The number of rotatable bonds is 8. The standard InChI is InChI=1S/C29H30N6O3/c1-2-21-4-5-24(18-31-21)38-23-7-11-34(12-8-23)27-6-3-20(16-32-27)26-13-25(37-19-29(36)9-10-29)14-28-33-17-22(15-30)35(26)28/h3-6,13-14,16-18,23,36H,2,7-12,19H2,1H3. The molecular weight excluding hydrogens is 480 g/mol. The van der Waals surface area contributed by atoms with Crippen LogP contribution in [0.2, 0.25) is 0 Å². The summed E-state index contributed by atoms with van der Waals surface area (Å²) < 4.78 is 13.9. The average molecular weight is 511 g/mol. The summed E-state index contributed by atoms with van der Waals surface area (Å²) in [6.07, 6.45) is 9.60. The van der Waals surface area contributed by atoms with Gasteiger partial charge < -0.3 is 19.5 Å². The molecule has 0 amide bonds. The highest BCUT2D eigenvalue weighted by atomic mass is 16.5. The molecule has 0 radical (unpaired) electrons. The minimum absolute atomic E-state index is 0.162. The molecule has 1 saturated heterocycles. The number of piperidine rings is 1. The lowest BCUT2D eigenvalue weighted by Gasteiger charge is -2.33. The quantitative estimate of drug-likeness (QED) is 0.376. The van der Waals surface area contributed by atoms with E-state index in [1.54, 1.807) is 16.7 Å². The maximum atomic E-state index is 10.2. The Kier molecular flexibility index (Phi) is 6.34. The van der Waals surface area contributed by atoms with Crippen molar-refractivity contribution in [2.24, 2.45) is 0 Å². The highest BCUT2D eigenvalue weighted by Gasteiger charge is 2.41.